The predicted octanol–water partition coefficient (Wildman–Crippen LogP) is 5.26. The maximum Gasteiger partial charge on any atom is 0.255 e. The molecule has 0 spiro atoms. The third-order valence-corrected chi connectivity index (χ3v) is 4.01. The van der Waals surface area contributed by atoms with Gasteiger partial charge in [-0.05, 0) is 56.5 Å². The van der Waals surface area contributed by atoms with Gasteiger partial charge in [0.1, 0.15) is 0 Å². The average Bonchev–Trinajstić information content (AvgIpc) is 2.65. The Morgan fingerprint density at radius 3 is 1.85 bits per heavy atom. The molecule has 0 saturated heterocycles. The van der Waals surface area contributed by atoms with Crippen LogP contribution in [0.2, 0.25) is 0 Å². The van der Waals surface area contributed by atoms with Crippen LogP contribution in [0.1, 0.15) is 56.5 Å². The van der Waals surface area contributed by atoms with Gasteiger partial charge in [0.2, 0.25) is 5.75 Å². The van der Waals surface area contributed by atoms with E-state index >= 15 is 0 Å². The minimum atomic E-state index is -0.225. The van der Waals surface area contributed by atoms with Crippen LogP contribution in [0.3, 0.4) is 0 Å². The maximum atomic E-state index is 12.8. The summed E-state index contributed by atoms with van der Waals surface area (Å²) in [4.78, 5) is 12.8. The number of hydrogen-bond acceptors (Lipinski definition) is 4. The van der Waals surface area contributed by atoms with Crippen LogP contribution in [0.25, 0.3) is 0 Å². The first-order valence-corrected chi connectivity index (χ1v) is 9.47. The van der Waals surface area contributed by atoms with Crippen molar-refractivity contribution >= 4 is 11.6 Å². The van der Waals surface area contributed by atoms with Crippen LogP contribution in [0.5, 0.6) is 17.2 Å². The molecule has 27 heavy (non-hydrogen) atoms. The number of anilines is 1. The van der Waals surface area contributed by atoms with E-state index in [2.05, 4.69) is 19.2 Å². The van der Waals surface area contributed by atoms with Crippen molar-refractivity contribution in [2.75, 3.05) is 25.1 Å². The fourth-order valence-corrected chi connectivity index (χ4v) is 2.67. The molecule has 0 aliphatic carbocycles. The van der Waals surface area contributed by atoms with Crippen molar-refractivity contribution in [2.45, 2.75) is 40.5 Å². The molecule has 0 aliphatic rings. The van der Waals surface area contributed by atoms with E-state index in [0.717, 1.165) is 5.69 Å². The quantitative estimate of drug-likeness (QED) is 0.653. The van der Waals surface area contributed by atoms with E-state index in [1.165, 1.54) is 5.56 Å². The summed E-state index contributed by atoms with van der Waals surface area (Å²) >= 11 is 0. The van der Waals surface area contributed by atoms with E-state index in [-0.39, 0.29) is 5.91 Å². The highest BCUT2D eigenvalue weighted by Gasteiger charge is 2.18. The smallest absolute Gasteiger partial charge is 0.255 e. The van der Waals surface area contributed by atoms with Gasteiger partial charge in [-0.25, -0.2) is 0 Å². The first-order chi connectivity index (χ1) is 13.0. The number of carbonyl (C=O) groups excluding carboxylic acids is 1. The fraction of sp³-hybridized carbons (Fsp3) is 0.409. The largest absolute Gasteiger partial charge is 0.490 e. The predicted molar refractivity (Wildman–Crippen MR) is 108 cm³/mol. The van der Waals surface area contributed by atoms with Crippen molar-refractivity contribution in [3.05, 3.63) is 47.5 Å². The zero-order valence-electron chi connectivity index (χ0n) is 16.8. The zero-order chi connectivity index (χ0) is 19.8. The minimum Gasteiger partial charge on any atom is -0.490 e. The molecule has 0 atom stereocenters. The van der Waals surface area contributed by atoms with E-state index in [1.54, 1.807) is 12.1 Å². The van der Waals surface area contributed by atoms with Crippen LogP contribution in [-0.2, 0) is 0 Å². The Bertz CT molecular complexity index is 726. The molecule has 2 aromatic carbocycles. The number of rotatable bonds is 9. The number of carbonyl (C=O) groups is 1. The van der Waals surface area contributed by atoms with Gasteiger partial charge in [0, 0.05) is 11.3 Å². The molecule has 1 N–H and O–H groups in total. The second kappa shape index (κ2) is 9.86. The molecule has 0 bridgehead atoms. The van der Waals surface area contributed by atoms with Crippen LogP contribution in [0, 0.1) is 0 Å². The first-order valence-electron chi connectivity index (χ1n) is 9.47. The molecular weight excluding hydrogens is 342 g/mol. The van der Waals surface area contributed by atoms with E-state index < -0.39 is 0 Å². The zero-order valence-corrected chi connectivity index (χ0v) is 16.8. The summed E-state index contributed by atoms with van der Waals surface area (Å²) in [6.07, 6.45) is 0. The van der Waals surface area contributed by atoms with Crippen molar-refractivity contribution in [1.82, 2.24) is 0 Å². The summed E-state index contributed by atoms with van der Waals surface area (Å²) in [7, 11) is 0. The summed E-state index contributed by atoms with van der Waals surface area (Å²) in [5.41, 5.74) is 2.43. The highest BCUT2D eigenvalue weighted by molar-refractivity contribution is 6.05. The highest BCUT2D eigenvalue weighted by atomic mass is 16.5. The Balaban J connectivity index is 2.30. The van der Waals surface area contributed by atoms with Crippen LogP contribution < -0.4 is 19.5 Å². The maximum absolute atomic E-state index is 12.8. The summed E-state index contributed by atoms with van der Waals surface area (Å²) in [6, 6.07) is 11.2. The summed E-state index contributed by atoms with van der Waals surface area (Å²) in [5.74, 6) is 1.76. The average molecular weight is 371 g/mol. The van der Waals surface area contributed by atoms with Gasteiger partial charge in [-0.2, -0.15) is 0 Å². The van der Waals surface area contributed by atoms with Crippen LogP contribution in [0.15, 0.2) is 36.4 Å². The third kappa shape index (κ3) is 5.39. The number of hydrogen-bond donors (Lipinski definition) is 1. The molecule has 0 unspecified atom stereocenters. The molecule has 146 valence electrons. The lowest BCUT2D eigenvalue weighted by Gasteiger charge is -2.17. The Kier molecular flexibility index (Phi) is 7.53. The lowest BCUT2D eigenvalue weighted by atomic mass is 10.0. The molecule has 2 aromatic rings. The van der Waals surface area contributed by atoms with Crippen molar-refractivity contribution in [3.8, 4) is 17.2 Å². The van der Waals surface area contributed by atoms with Crippen LogP contribution in [-0.4, -0.2) is 25.7 Å². The van der Waals surface area contributed by atoms with Gasteiger partial charge in [-0.3, -0.25) is 4.79 Å². The molecule has 0 heterocycles. The van der Waals surface area contributed by atoms with Gasteiger partial charge < -0.3 is 19.5 Å². The Morgan fingerprint density at radius 2 is 1.41 bits per heavy atom. The molecule has 0 radical (unpaired) electrons. The summed E-state index contributed by atoms with van der Waals surface area (Å²) in [6.45, 7) is 11.4. The molecule has 1 amide bonds. The van der Waals surface area contributed by atoms with E-state index in [0.29, 0.717) is 48.6 Å². The summed E-state index contributed by atoms with van der Waals surface area (Å²) < 4.78 is 17.0. The monoisotopic (exact) mass is 371 g/mol. The van der Waals surface area contributed by atoms with Gasteiger partial charge in [0.05, 0.1) is 19.8 Å². The van der Waals surface area contributed by atoms with Gasteiger partial charge in [0.25, 0.3) is 5.91 Å². The van der Waals surface area contributed by atoms with Crippen molar-refractivity contribution in [3.63, 3.8) is 0 Å². The minimum absolute atomic E-state index is 0.225. The Labute approximate surface area is 161 Å². The van der Waals surface area contributed by atoms with Gasteiger partial charge in [-0.15, -0.1) is 0 Å². The Morgan fingerprint density at radius 1 is 0.889 bits per heavy atom. The first kappa shape index (κ1) is 20.6. The molecule has 0 saturated carbocycles. The molecular formula is C22H29NO4. The fourth-order valence-electron chi connectivity index (χ4n) is 2.67. The van der Waals surface area contributed by atoms with Gasteiger partial charge in [0.15, 0.2) is 11.5 Å². The summed E-state index contributed by atoms with van der Waals surface area (Å²) in [5, 5.41) is 2.92. The molecule has 5 nitrogen and oxygen atoms in total. The van der Waals surface area contributed by atoms with Gasteiger partial charge in [-0.1, -0.05) is 26.0 Å². The third-order valence-electron chi connectivity index (χ3n) is 4.01. The molecule has 5 heteroatoms. The number of benzene rings is 2. The van der Waals surface area contributed by atoms with Crippen molar-refractivity contribution in [2.24, 2.45) is 0 Å². The van der Waals surface area contributed by atoms with E-state index in [1.807, 2.05) is 45.0 Å². The van der Waals surface area contributed by atoms with Crippen LogP contribution in [0.4, 0.5) is 5.69 Å². The normalized spacial score (nSPS) is 10.6. The lowest BCUT2D eigenvalue weighted by molar-refractivity contribution is 0.102. The van der Waals surface area contributed by atoms with Crippen LogP contribution >= 0.6 is 0 Å². The second-order valence-corrected chi connectivity index (χ2v) is 6.33. The number of amides is 1. The number of nitrogens with one attached hydrogen (secondary N) is 1. The van der Waals surface area contributed by atoms with Crippen molar-refractivity contribution < 1.29 is 19.0 Å². The number of ether oxygens (including phenoxy) is 3. The molecule has 0 aliphatic heterocycles. The standard InChI is InChI=1S/C22H29NO4/c1-6-25-19-13-17(14-20(26-7-2)21(19)27-8-3)22(24)23-18-11-9-16(10-12-18)15(4)5/h9-15H,6-8H2,1-5H3,(H,23,24). The van der Waals surface area contributed by atoms with E-state index in [9.17, 15) is 4.79 Å². The molecule has 2 rings (SSSR count). The SMILES string of the molecule is CCOc1cc(C(=O)Nc2ccc(C(C)C)cc2)cc(OCC)c1OCC. The highest BCUT2D eigenvalue weighted by Crippen LogP contribution is 2.39. The Hall–Kier alpha value is -2.69. The molecule has 0 aromatic heterocycles. The van der Waals surface area contributed by atoms with Crippen molar-refractivity contribution in [1.29, 1.82) is 0 Å². The van der Waals surface area contributed by atoms with E-state index in [4.69, 9.17) is 14.2 Å². The second-order valence-electron chi connectivity index (χ2n) is 6.33. The lowest BCUT2D eigenvalue weighted by Crippen LogP contribution is -2.13. The topological polar surface area (TPSA) is 56.8 Å². The van der Waals surface area contributed by atoms with Gasteiger partial charge >= 0.3 is 0 Å². The molecule has 0 fully saturated rings.